The largest absolute Gasteiger partial charge is 0.322 e. The van der Waals surface area contributed by atoms with Crippen molar-refractivity contribution < 1.29 is 9.18 Å². The molecule has 1 amide bonds. The Morgan fingerprint density at radius 3 is 2.67 bits per heavy atom. The summed E-state index contributed by atoms with van der Waals surface area (Å²) in [6, 6.07) is 6.37. The number of hydrogen-bond donors (Lipinski definition) is 2. The van der Waals surface area contributed by atoms with E-state index in [-0.39, 0.29) is 17.6 Å². The normalized spacial score (nSPS) is 18.5. The van der Waals surface area contributed by atoms with Gasteiger partial charge in [0, 0.05) is 17.4 Å². The first-order valence-electron chi connectivity index (χ1n) is 8.87. The average Bonchev–Trinajstić information content (AvgIpc) is 3.36. The molecule has 2 aliphatic carbocycles. The number of carbonyl (C=O) groups is 1. The third kappa shape index (κ3) is 3.07. The summed E-state index contributed by atoms with van der Waals surface area (Å²) in [5.74, 6) is 0.297. The van der Waals surface area contributed by atoms with Crippen LogP contribution in [0.3, 0.4) is 0 Å². The van der Waals surface area contributed by atoms with E-state index in [4.69, 9.17) is 0 Å². The maximum atomic E-state index is 13.6. The van der Waals surface area contributed by atoms with Crippen molar-refractivity contribution in [3.63, 3.8) is 0 Å². The predicted molar refractivity (Wildman–Crippen MR) is 91.2 cm³/mol. The van der Waals surface area contributed by atoms with E-state index in [9.17, 15) is 9.18 Å². The van der Waals surface area contributed by atoms with Crippen LogP contribution in [0.2, 0.25) is 0 Å². The zero-order valence-corrected chi connectivity index (χ0v) is 13.6. The van der Waals surface area contributed by atoms with Gasteiger partial charge in [-0.15, -0.1) is 0 Å². The van der Waals surface area contributed by atoms with Gasteiger partial charge in [-0.1, -0.05) is 31.4 Å². The summed E-state index contributed by atoms with van der Waals surface area (Å²) in [4.78, 5) is 12.7. The molecule has 0 aliphatic heterocycles. The minimum absolute atomic E-state index is 0.0793. The molecule has 24 heavy (non-hydrogen) atoms. The van der Waals surface area contributed by atoms with Gasteiger partial charge in [0.15, 0.2) is 0 Å². The standard InChI is InChI=1S/C19H22FN3O/c20-15-8-4-7-14(11-15)17-18(16(22-23-17)12-9-10-12)21-19(24)13-5-2-1-3-6-13/h4,7-8,11-13H,1-3,5-6,9-10H2,(H,21,24)(H,22,23). The van der Waals surface area contributed by atoms with Crippen molar-refractivity contribution in [2.24, 2.45) is 5.92 Å². The quantitative estimate of drug-likeness (QED) is 0.861. The summed E-state index contributed by atoms with van der Waals surface area (Å²) in [5, 5.41) is 10.6. The molecule has 1 heterocycles. The van der Waals surface area contributed by atoms with Crippen LogP contribution in [-0.4, -0.2) is 16.1 Å². The van der Waals surface area contributed by atoms with Crippen LogP contribution < -0.4 is 5.32 Å². The fourth-order valence-electron chi connectivity index (χ4n) is 3.58. The number of aromatic nitrogens is 2. The lowest BCUT2D eigenvalue weighted by molar-refractivity contribution is -0.120. The van der Waals surface area contributed by atoms with E-state index >= 15 is 0 Å². The average molecular weight is 327 g/mol. The van der Waals surface area contributed by atoms with Crippen LogP contribution in [-0.2, 0) is 4.79 Å². The number of aromatic amines is 1. The Kier molecular flexibility index (Phi) is 4.08. The first-order chi connectivity index (χ1) is 11.7. The number of hydrogen-bond acceptors (Lipinski definition) is 2. The number of amides is 1. The molecule has 2 aliphatic rings. The molecule has 0 unspecified atom stereocenters. The Hall–Kier alpha value is -2.17. The van der Waals surface area contributed by atoms with Crippen LogP contribution in [0.4, 0.5) is 10.1 Å². The summed E-state index contributed by atoms with van der Waals surface area (Å²) < 4.78 is 13.6. The number of rotatable bonds is 4. The molecule has 0 saturated heterocycles. The van der Waals surface area contributed by atoms with Crippen LogP contribution in [0.15, 0.2) is 24.3 Å². The predicted octanol–water partition coefficient (Wildman–Crippen LogP) is 4.61. The Morgan fingerprint density at radius 1 is 1.17 bits per heavy atom. The lowest BCUT2D eigenvalue weighted by Gasteiger charge is -2.21. The summed E-state index contributed by atoms with van der Waals surface area (Å²) in [6.45, 7) is 0. The zero-order chi connectivity index (χ0) is 16.5. The second kappa shape index (κ2) is 6.38. The van der Waals surface area contributed by atoms with Gasteiger partial charge < -0.3 is 5.32 Å². The topological polar surface area (TPSA) is 57.8 Å². The highest BCUT2D eigenvalue weighted by Gasteiger charge is 2.32. The van der Waals surface area contributed by atoms with Gasteiger partial charge in [0.05, 0.1) is 11.4 Å². The highest BCUT2D eigenvalue weighted by molar-refractivity contribution is 5.97. The van der Waals surface area contributed by atoms with Crippen molar-refractivity contribution in [3.8, 4) is 11.3 Å². The molecular formula is C19H22FN3O. The van der Waals surface area contributed by atoms with Gasteiger partial charge in [-0.05, 0) is 37.8 Å². The van der Waals surface area contributed by atoms with Crippen molar-refractivity contribution in [1.29, 1.82) is 0 Å². The molecule has 0 radical (unpaired) electrons. The van der Waals surface area contributed by atoms with E-state index in [2.05, 4.69) is 15.5 Å². The van der Waals surface area contributed by atoms with Gasteiger partial charge in [-0.25, -0.2) is 4.39 Å². The maximum absolute atomic E-state index is 13.6. The SMILES string of the molecule is O=C(Nc1c(-c2cccc(F)c2)n[nH]c1C1CC1)C1CCCCC1. The fourth-order valence-corrected chi connectivity index (χ4v) is 3.58. The molecule has 0 spiro atoms. The molecule has 1 aromatic heterocycles. The highest BCUT2D eigenvalue weighted by atomic mass is 19.1. The van der Waals surface area contributed by atoms with Gasteiger partial charge in [-0.2, -0.15) is 5.10 Å². The molecule has 1 aromatic carbocycles. The molecule has 5 heteroatoms. The molecule has 4 rings (SSSR count). The van der Waals surface area contributed by atoms with E-state index in [1.54, 1.807) is 6.07 Å². The van der Waals surface area contributed by atoms with Crippen LogP contribution in [0.25, 0.3) is 11.3 Å². The third-order valence-electron chi connectivity index (χ3n) is 5.10. The first-order valence-corrected chi connectivity index (χ1v) is 8.87. The molecule has 2 saturated carbocycles. The maximum Gasteiger partial charge on any atom is 0.227 e. The summed E-state index contributed by atoms with van der Waals surface area (Å²) in [6.07, 6.45) is 7.59. The Labute approximate surface area is 140 Å². The Balaban J connectivity index is 1.64. The minimum Gasteiger partial charge on any atom is -0.322 e. The Bertz CT molecular complexity index is 745. The van der Waals surface area contributed by atoms with Crippen LogP contribution >= 0.6 is 0 Å². The molecule has 2 fully saturated rings. The van der Waals surface area contributed by atoms with Gasteiger partial charge in [0.1, 0.15) is 11.5 Å². The molecule has 2 aromatic rings. The lowest BCUT2D eigenvalue weighted by atomic mass is 9.88. The zero-order valence-electron chi connectivity index (χ0n) is 13.6. The summed E-state index contributed by atoms with van der Waals surface area (Å²) in [7, 11) is 0. The lowest BCUT2D eigenvalue weighted by Crippen LogP contribution is -2.25. The van der Waals surface area contributed by atoms with Crippen molar-refractivity contribution in [1.82, 2.24) is 10.2 Å². The van der Waals surface area contributed by atoms with Gasteiger partial charge >= 0.3 is 0 Å². The van der Waals surface area contributed by atoms with Gasteiger partial charge in [0.25, 0.3) is 0 Å². The molecule has 2 N–H and O–H groups in total. The molecule has 126 valence electrons. The smallest absolute Gasteiger partial charge is 0.227 e. The highest BCUT2D eigenvalue weighted by Crippen LogP contribution is 2.45. The van der Waals surface area contributed by atoms with E-state index in [1.807, 2.05) is 6.07 Å². The second-order valence-corrected chi connectivity index (χ2v) is 6.97. The van der Waals surface area contributed by atoms with Gasteiger partial charge in [0.2, 0.25) is 5.91 Å². The van der Waals surface area contributed by atoms with Gasteiger partial charge in [-0.3, -0.25) is 9.89 Å². The number of nitrogens with zero attached hydrogens (tertiary/aromatic N) is 1. The monoisotopic (exact) mass is 327 g/mol. The van der Waals surface area contributed by atoms with E-state index in [0.29, 0.717) is 17.2 Å². The van der Waals surface area contributed by atoms with Crippen LogP contribution in [0, 0.1) is 11.7 Å². The van der Waals surface area contributed by atoms with Crippen LogP contribution in [0.1, 0.15) is 56.6 Å². The first kappa shape index (κ1) is 15.4. The minimum atomic E-state index is -0.298. The van der Waals surface area contributed by atoms with Crippen molar-refractivity contribution >= 4 is 11.6 Å². The fraction of sp³-hybridized carbons (Fsp3) is 0.474. The summed E-state index contributed by atoms with van der Waals surface area (Å²) in [5.41, 5.74) is 3.06. The second-order valence-electron chi connectivity index (χ2n) is 6.97. The number of H-pyrrole nitrogens is 1. The number of nitrogens with one attached hydrogen (secondary N) is 2. The van der Waals surface area contributed by atoms with E-state index in [0.717, 1.165) is 49.9 Å². The Morgan fingerprint density at radius 2 is 1.96 bits per heavy atom. The molecule has 0 atom stereocenters. The van der Waals surface area contributed by atoms with E-state index < -0.39 is 0 Å². The molecular weight excluding hydrogens is 305 g/mol. The van der Waals surface area contributed by atoms with Crippen molar-refractivity contribution in [2.75, 3.05) is 5.32 Å². The number of halogens is 1. The number of benzene rings is 1. The molecule has 0 bridgehead atoms. The van der Waals surface area contributed by atoms with Crippen molar-refractivity contribution in [3.05, 3.63) is 35.8 Å². The summed E-state index contributed by atoms with van der Waals surface area (Å²) >= 11 is 0. The van der Waals surface area contributed by atoms with Crippen LogP contribution in [0.5, 0.6) is 0 Å². The van der Waals surface area contributed by atoms with Crippen molar-refractivity contribution in [2.45, 2.75) is 50.9 Å². The number of carbonyl (C=O) groups excluding carboxylic acids is 1. The van der Waals surface area contributed by atoms with E-state index in [1.165, 1.54) is 18.6 Å². The third-order valence-corrected chi connectivity index (χ3v) is 5.10. The number of anilines is 1. The molecule has 4 nitrogen and oxygen atoms in total.